The van der Waals surface area contributed by atoms with E-state index >= 15 is 0 Å². The molecule has 0 saturated carbocycles. The monoisotopic (exact) mass is 394 g/mol. The highest BCUT2D eigenvalue weighted by molar-refractivity contribution is 9.38. The maximum absolute atomic E-state index is 5.94. The lowest BCUT2D eigenvalue weighted by atomic mass is 10.2. The molecule has 66 valence electrons. The van der Waals surface area contributed by atoms with E-state index in [4.69, 9.17) is 23.2 Å². The minimum atomic E-state index is -0.553. The van der Waals surface area contributed by atoms with Crippen molar-refractivity contribution >= 4 is 71.0 Å². The molecule has 0 aromatic heterocycles. The molecule has 0 unspecified atom stereocenters. The van der Waals surface area contributed by atoms with Crippen LogP contribution in [0, 0.1) is 0 Å². The van der Waals surface area contributed by atoms with Crippen molar-refractivity contribution in [2.45, 2.75) is 2.14 Å². The molecule has 0 spiro atoms. The van der Waals surface area contributed by atoms with Crippen LogP contribution in [0.25, 0.3) is 0 Å². The van der Waals surface area contributed by atoms with Crippen LogP contribution < -0.4 is 0 Å². The third kappa shape index (κ3) is 2.61. The van der Waals surface area contributed by atoms with Crippen molar-refractivity contribution in [2.24, 2.45) is 0 Å². The number of hydrogen-bond donors (Lipinski definition) is 0. The molecular formula is C7H3Br3Cl2. The summed E-state index contributed by atoms with van der Waals surface area (Å²) in [7, 11) is 0. The van der Waals surface area contributed by atoms with Gasteiger partial charge in [-0.05, 0) is 12.1 Å². The van der Waals surface area contributed by atoms with Crippen molar-refractivity contribution in [3.05, 3.63) is 33.8 Å². The number of halogens is 5. The SMILES string of the molecule is Clc1cccc(Cl)c1C(Br)(Br)Br. The molecule has 0 N–H and O–H groups in total. The maximum Gasteiger partial charge on any atom is 0.162 e. The summed E-state index contributed by atoms with van der Waals surface area (Å²) in [5.74, 6) is 0. The minimum Gasteiger partial charge on any atom is -0.0839 e. The molecule has 1 aromatic rings. The Bertz CT molecular complexity index is 273. The second-order valence-corrected chi connectivity index (χ2v) is 9.67. The highest BCUT2D eigenvalue weighted by atomic mass is 80.0. The zero-order chi connectivity index (χ0) is 9.35. The normalized spacial score (nSPS) is 11.8. The third-order valence-electron chi connectivity index (χ3n) is 1.25. The van der Waals surface area contributed by atoms with E-state index in [2.05, 4.69) is 47.8 Å². The van der Waals surface area contributed by atoms with E-state index in [1.54, 1.807) is 18.2 Å². The Morgan fingerprint density at radius 2 is 1.42 bits per heavy atom. The van der Waals surface area contributed by atoms with Crippen LogP contribution in [-0.4, -0.2) is 0 Å². The van der Waals surface area contributed by atoms with Crippen LogP contribution in [0.2, 0.25) is 10.0 Å². The molecule has 0 fully saturated rings. The summed E-state index contributed by atoms with van der Waals surface area (Å²) in [5.41, 5.74) is 0.772. The van der Waals surface area contributed by atoms with Gasteiger partial charge in [-0.2, -0.15) is 0 Å². The summed E-state index contributed by atoms with van der Waals surface area (Å²) in [6.07, 6.45) is 0. The fraction of sp³-hybridized carbons (Fsp3) is 0.143. The van der Waals surface area contributed by atoms with Gasteiger partial charge in [0.2, 0.25) is 0 Å². The summed E-state index contributed by atoms with van der Waals surface area (Å²) in [4.78, 5) is 0. The quantitative estimate of drug-likeness (QED) is 0.522. The average molecular weight is 398 g/mol. The lowest BCUT2D eigenvalue weighted by molar-refractivity contribution is 1.37. The molecule has 12 heavy (non-hydrogen) atoms. The fourth-order valence-corrected chi connectivity index (χ4v) is 3.42. The van der Waals surface area contributed by atoms with E-state index in [1.165, 1.54) is 0 Å². The molecule has 0 bridgehead atoms. The van der Waals surface area contributed by atoms with Crippen LogP contribution in [-0.2, 0) is 2.14 Å². The van der Waals surface area contributed by atoms with Gasteiger partial charge in [-0.1, -0.05) is 77.1 Å². The molecule has 0 aliphatic carbocycles. The summed E-state index contributed by atoms with van der Waals surface area (Å²) in [6.45, 7) is 0. The third-order valence-corrected chi connectivity index (χ3v) is 3.07. The zero-order valence-electron chi connectivity index (χ0n) is 5.62. The van der Waals surface area contributed by atoms with Gasteiger partial charge in [-0.15, -0.1) is 0 Å². The van der Waals surface area contributed by atoms with Crippen molar-refractivity contribution in [1.29, 1.82) is 0 Å². The Kier molecular flexibility index (Phi) is 3.94. The largest absolute Gasteiger partial charge is 0.162 e. The highest BCUT2D eigenvalue weighted by Gasteiger charge is 2.26. The number of rotatable bonds is 0. The zero-order valence-corrected chi connectivity index (χ0v) is 11.9. The van der Waals surface area contributed by atoms with Gasteiger partial charge in [0.05, 0.1) is 0 Å². The average Bonchev–Trinajstić information content (AvgIpc) is 1.82. The predicted octanol–water partition coefficient (Wildman–Crippen LogP) is 5.29. The van der Waals surface area contributed by atoms with E-state index in [-0.39, 0.29) is 0 Å². The summed E-state index contributed by atoms with van der Waals surface area (Å²) in [6, 6.07) is 5.36. The van der Waals surface area contributed by atoms with Crippen molar-refractivity contribution in [1.82, 2.24) is 0 Å². The molecule has 0 nitrogen and oxygen atoms in total. The van der Waals surface area contributed by atoms with Crippen LogP contribution in [0.4, 0.5) is 0 Å². The molecule has 0 aliphatic rings. The van der Waals surface area contributed by atoms with Gasteiger partial charge in [-0.3, -0.25) is 0 Å². The maximum atomic E-state index is 5.94. The molecule has 0 atom stereocenters. The Labute approximate surface area is 106 Å². The number of benzene rings is 1. The summed E-state index contributed by atoms with van der Waals surface area (Å²) < 4.78 is -0.553. The molecule has 0 heterocycles. The van der Waals surface area contributed by atoms with E-state index in [9.17, 15) is 0 Å². The lowest BCUT2D eigenvalue weighted by Crippen LogP contribution is -1.99. The predicted molar refractivity (Wildman–Crippen MR) is 64.9 cm³/mol. The number of alkyl halides is 3. The second kappa shape index (κ2) is 4.18. The molecule has 1 rings (SSSR count). The molecule has 0 aliphatic heterocycles. The van der Waals surface area contributed by atoms with Gasteiger partial charge in [0, 0.05) is 15.6 Å². The highest BCUT2D eigenvalue weighted by Crippen LogP contribution is 2.49. The summed E-state index contributed by atoms with van der Waals surface area (Å²) >= 11 is 21.9. The molecule has 5 heteroatoms. The second-order valence-electron chi connectivity index (χ2n) is 2.09. The van der Waals surface area contributed by atoms with E-state index in [0.29, 0.717) is 10.0 Å². The van der Waals surface area contributed by atoms with Gasteiger partial charge < -0.3 is 0 Å². The first-order valence-electron chi connectivity index (χ1n) is 2.94. The first kappa shape index (κ1) is 11.3. The van der Waals surface area contributed by atoms with Crippen molar-refractivity contribution < 1.29 is 0 Å². The van der Waals surface area contributed by atoms with Crippen LogP contribution in [0.3, 0.4) is 0 Å². The van der Waals surface area contributed by atoms with Crippen LogP contribution in [0.5, 0.6) is 0 Å². The Morgan fingerprint density at radius 3 is 1.67 bits per heavy atom. The van der Waals surface area contributed by atoms with Crippen molar-refractivity contribution in [3.8, 4) is 0 Å². The Hall–Kier alpha value is 1.24. The minimum absolute atomic E-state index is 0.553. The molecule has 0 amide bonds. The summed E-state index contributed by atoms with van der Waals surface area (Å²) in [5, 5.41) is 1.21. The number of hydrogen-bond acceptors (Lipinski definition) is 0. The Morgan fingerprint density at radius 1 is 1.00 bits per heavy atom. The smallest absolute Gasteiger partial charge is 0.0839 e. The first-order valence-corrected chi connectivity index (χ1v) is 6.07. The fourth-order valence-electron chi connectivity index (χ4n) is 0.769. The molecule has 0 radical (unpaired) electrons. The van der Waals surface area contributed by atoms with Gasteiger partial charge in [0.25, 0.3) is 0 Å². The van der Waals surface area contributed by atoms with Crippen molar-refractivity contribution in [2.75, 3.05) is 0 Å². The van der Waals surface area contributed by atoms with Crippen LogP contribution in [0.1, 0.15) is 5.56 Å². The van der Waals surface area contributed by atoms with Gasteiger partial charge in [-0.25, -0.2) is 0 Å². The van der Waals surface area contributed by atoms with Gasteiger partial charge in [0.15, 0.2) is 2.14 Å². The Balaban J connectivity index is 3.31. The molecular weight excluding hydrogens is 395 g/mol. The molecule has 1 aromatic carbocycles. The first-order chi connectivity index (χ1) is 5.43. The lowest BCUT2D eigenvalue weighted by Gasteiger charge is -2.15. The standard InChI is InChI=1S/C7H3Br3Cl2/c8-7(9,10)6-4(11)2-1-3-5(6)12/h1-3H. The van der Waals surface area contributed by atoms with E-state index < -0.39 is 2.14 Å². The molecule has 0 saturated heterocycles. The topological polar surface area (TPSA) is 0 Å². The van der Waals surface area contributed by atoms with Gasteiger partial charge in [0.1, 0.15) is 0 Å². The van der Waals surface area contributed by atoms with E-state index in [1.807, 2.05) is 0 Å². The van der Waals surface area contributed by atoms with Gasteiger partial charge >= 0.3 is 0 Å². The van der Waals surface area contributed by atoms with Crippen LogP contribution in [0.15, 0.2) is 18.2 Å². The van der Waals surface area contributed by atoms with E-state index in [0.717, 1.165) is 5.56 Å². The van der Waals surface area contributed by atoms with Crippen molar-refractivity contribution in [3.63, 3.8) is 0 Å². The van der Waals surface area contributed by atoms with Crippen LogP contribution >= 0.6 is 71.0 Å².